The quantitative estimate of drug-likeness (QED) is 0.418. The second-order valence-electron chi connectivity index (χ2n) is 7.37. The molecule has 0 bridgehead atoms. The van der Waals surface area contributed by atoms with Crippen LogP contribution in [0.5, 0.6) is 5.75 Å². The molecule has 0 radical (unpaired) electrons. The van der Waals surface area contributed by atoms with Gasteiger partial charge in [-0.25, -0.2) is 0 Å². The zero-order chi connectivity index (χ0) is 25.8. The van der Waals surface area contributed by atoms with Crippen LogP contribution in [0.4, 0.5) is 0 Å². The number of nitrogens with zero attached hydrogens (tertiary/aromatic N) is 1. The topological polar surface area (TPSA) is 66.8 Å². The fraction of sp³-hybridized carbons (Fsp3) is 0.429. The Morgan fingerprint density at radius 1 is 1.09 bits per heavy atom. The molecule has 0 unspecified atom stereocenters. The zero-order valence-electron chi connectivity index (χ0n) is 21.5. The summed E-state index contributed by atoms with van der Waals surface area (Å²) < 4.78 is 7.23. The molecule has 2 aliphatic rings. The molecule has 0 fully saturated rings. The molecule has 2 aromatic carbocycles. The number of ether oxygens (including phenoxy) is 1. The fourth-order valence-corrected chi connectivity index (χ4v) is 4.10. The number of hydrogen-bond donors (Lipinski definition) is 1. The number of aliphatic hydroxyl groups excluding tert-OH is 1. The van der Waals surface area contributed by atoms with Crippen LogP contribution < -0.4 is 4.74 Å². The summed E-state index contributed by atoms with van der Waals surface area (Å²) in [6, 6.07) is 7.16. The number of aldehydes is 1. The van der Waals surface area contributed by atoms with Gasteiger partial charge in [-0.3, -0.25) is 9.59 Å². The molecule has 4 rings (SSSR count). The number of likely N-dealkylation sites (N-methyl/N-ethyl adjacent to an activating group) is 1. The van der Waals surface area contributed by atoms with Gasteiger partial charge in [0.2, 0.25) is 0 Å². The molecule has 0 aromatic heterocycles. The maximum atomic E-state index is 12.9. The summed E-state index contributed by atoms with van der Waals surface area (Å²) >= 11 is 3.57. The summed E-state index contributed by atoms with van der Waals surface area (Å²) in [6.45, 7) is 12.3. The third kappa shape index (κ3) is 6.36. The number of carbonyl (C=O) groups is 2. The van der Waals surface area contributed by atoms with Crippen LogP contribution >= 0.6 is 15.9 Å². The van der Waals surface area contributed by atoms with Crippen LogP contribution in [0.25, 0.3) is 16.3 Å². The van der Waals surface area contributed by atoms with Crippen LogP contribution in [0.2, 0.25) is 0 Å². The number of aliphatic hydroxyl groups is 1. The lowest BCUT2D eigenvalue weighted by molar-refractivity contribution is 0.0769. The van der Waals surface area contributed by atoms with Crippen LogP contribution in [-0.4, -0.2) is 42.4 Å². The van der Waals surface area contributed by atoms with Gasteiger partial charge in [0.15, 0.2) is 6.29 Å². The minimum absolute atomic E-state index is 0.123. The van der Waals surface area contributed by atoms with E-state index >= 15 is 0 Å². The Balaban J connectivity index is 0.000000750. The van der Waals surface area contributed by atoms with Crippen LogP contribution in [0.15, 0.2) is 40.6 Å². The lowest BCUT2D eigenvalue weighted by Crippen LogP contribution is -2.29. The highest BCUT2D eigenvalue weighted by Gasteiger charge is 2.28. The third-order valence-corrected chi connectivity index (χ3v) is 5.64. The summed E-state index contributed by atoms with van der Waals surface area (Å²) in [7, 11) is 1.63. The number of rotatable bonds is 4. The van der Waals surface area contributed by atoms with Gasteiger partial charge in [-0.15, -0.1) is 0 Å². The maximum absolute atomic E-state index is 12.9. The average molecular weight is 533 g/mol. The van der Waals surface area contributed by atoms with Gasteiger partial charge < -0.3 is 14.7 Å². The van der Waals surface area contributed by atoms with Crippen LogP contribution in [0.3, 0.4) is 0 Å². The van der Waals surface area contributed by atoms with Crippen molar-refractivity contribution in [2.75, 3.05) is 20.2 Å². The first-order valence-corrected chi connectivity index (χ1v) is 12.9. The van der Waals surface area contributed by atoms with Crippen LogP contribution in [-0.2, 0) is 0 Å². The van der Waals surface area contributed by atoms with Crippen molar-refractivity contribution in [2.24, 2.45) is 0 Å². The predicted octanol–water partition coefficient (Wildman–Crippen LogP) is 7.36. The number of halogens is 1. The standard InChI is InChI=1S/C21H18BrNO4.C3H8.2C2H6/c1-23(8-9-24)21(26)15-5-7-18-20-14(4-2-12(11-25)19(15)20)16-10-13(22)3-6-17(16)27-18;1-3-2;2*1-2/h2,4-5,7,10-11,24H,3,6,8-9H2,1H3;3H2,1-2H3;2*1-2H3. The molecule has 34 heavy (non-hydrogen) atoms. The smallest absolute Gasteiger partial charge is 0.254 e. The lowest BCUT2D eigenvalue weighted by Gasteiger charge is -2.27. The van der Waals surface area contributed by atoms with E-state index in [0.717, 1.165) is 45.9 Å². The summed E-state index contributed by atoms with van der Waals surface area (Å²) in [6.07, 6.45) is 5.74. The van der Waals surface area contributed by atoms with E-state index in [1.165, 1.54) is 11.3 Å². The second kappa shape index (κ2) is 14.7. The van der Waals surface area contributed by atoms with Gasteiger partial charge in [0.05, 0.1) is 6.61 Å². The van der Waals surface area contributed by atoms with Gasteiger partial charge in [0.25, 0.3) is 5.91 Å². The first kappa shape index (κ1) is 29.6. The molecule has 0 atom stereocenters. The van der Waals surface area contributed by atoms with E-state index in [-0.39, 0.29) is 19.1 Å². The Kier molecular flexibility index (Phi) is 12.8. The summed E-state index contributed by atoms with van der Waals surface area (Å²) in [5, 5.41) is 10.5. The molecule has 0 saturated carbocycles. The number of allylic oxidation sites excluding steroid dienone is 4. The minimum Gasteiger partial charge on any atom is -0.460 e. The van der Waals surface area contributed by atoms with E-state index in [1.54, 1.807) is 25.2 Å². The summed E-state index contributed by atoms with van der Waals surface area (Å²) in [4.78, 5) is 26.1. The van der Waals surface area contributed by atoms with Crippen LogP contribution in [0, 0.1) is 0 Å². The molecule has 2 aromatic rings. The van der Waals surface area contributed by atoms with Crippen molar-refractivity contribution in [3.05, 3.63) is 57.3 Å². The monoisotopic (exact) mass is 531 g/mol. The molecule has 6 heteroatoms. The van der Waals surface area contributed by atoms with Gasteiger partial charge in [-0.05, 0) is 34.7 Å². The Morgan fingerprint density at radius 2 is 1.74 bits per heavy atom. The number of carbonyl (C=O) groups excluding carboxylic acids is 2. The summed E-state index contributed by atoms with van der Waals surface area (Å²) in [5.74, 6) is 1.33. The first-order chi connectivity index (χ1) is 16.5. The molecule has 1 aliphatic carbocycles. The molecular weight excluding hydrogens is 494 g/mol. The van der Waals surface area contributed by atoms with Crippen molar-refractivity contribution < 1.29 is 19.4 Å². The molecule has 0 saturated heterocycles. The molecule has 1 N–H and O–H groups in total. The Labute approximate surface area is 212 Å². The summed E-state index contributed by atoms with van der Waals surface area (Å²) in [5.41, 5.74) is 2.82. The van der Waals surface area contributed by atoms with E-state index in [1.807, 2.05) is 39.8 Å². The molecule has 1 aliphatic heterocycles. The number of amides is 1. The SMILES string of the molecule is CC.CC.CCC.CN(CCO)C(=O)c1ccc2c3c(ccc(C=O)c13)C1=C(CCC(Br)=C1)O2. The molecule has 0 spiro atoms. The highest BCUT2D eigenvalue weighted by molar-refractivity contribution is 9.11. The fourth-order valence-electron chi connectivity index (χ4n) is 3.68. The Bertz CT molecular complexity index is 1060. The van der Waals surface area contributed by atoms with Crippen molar-refractivity contribution in [3.8, 4) is 5.75 Å². The number of benzene rings is 2. The van der Waals surface area contributed by atoms with Crippen LogP contribution in [0.1, 0.15) is 87.1 Å². The molecule has 1 heterocycles. The van der Waals surface area contributed by atoms with Gasteiger partial charge in [-0.1, -0.05) is 76.0 Å². The van der Waals surface area contributed by atoms with E-state index in [9.17, 15) is 9.59 Å². The highest BCUT2D eigenvalue weighted by Crippen LogP contribution is 2.46. The average Bonchev–Trinajstić information content (AvgIpc) is 2.87. The number of fused-ring (bicyclic) bond motifs is 1. The number of hydrogen-bond acceptors (Lipinski definition) is 4. The van der Waals surface area contributed by atoms with Crippen molar-refractivity contribution in [1.82, 2.24) is 4.90 Å². The van der Waals surface area contributed by atoms with Crippen molar-refractivity contribution in [2.45, 2.75) is 60.8 Å². The van der Waals surface area contributed by atoms with Crippen molar-refractivity contribution in [3.63, 3.8) is 0 Å². The van der Waals surface area contributed by atoms with Crippen molar-refractivity contribution >= 4 is 44.5 Å². The third-order valence-electron chi connectivity index (χ3n) is 5.01. The first-order valence-electron chi connectivity index (χ1n) is 12.1. The predicted molar refractivity (Wildman–Crippen MR) is 146 cm³/mol. The van der Waals surface area contributed by atoms with Gasteiger partial charge in [0, 0.05) is 47.5 Å². The van der Waals surface area contributed by atoms with E-state index in [4.69, 9.17) is 9.84 Å². The lowest BCUT2D eigenvalue weighted by atomic mass is 9.87. The van der Waals surface area contributed by atoms with E-state index in [0.29, 0.717) is 22.3 Å². The zero-order valence-corrected chi connectivity index (χ0v) is 23.1. The molecular formula is C28H38BrNO4. The second-order valence-corrected chi connectivity index (χ2v) is 8.39. The minimum atomic E-state index is -0.240. The van der Waals surface area contributed by atoms with Gasteiger partial charge in [0.1, 0.15) is 11.5 Å². The van der Waals surface area contributed by atoms with Gasteiger partial charge in [-0.2, -0.15) is 0 Å². The Morgan fingerprint density at radius 3 is 2.32 bits per heavy atom. The van der Waals surface area contributed by atoms with E-state index < -0.39 is 0 Å². The maximum Gasteiger partial charge on any atom is 0.254 e. The molecule has 186 valence electrons. The Hall–Kier alpha value is -2.44. The van der Waals surface area contributed by atoms with Crippen molar-refractivity contribution in [1.29, 1.82) is 0 Å². The van der Waals surface area contributed by atoms with E-state index in [2.05, 4.69) is 29.8 Å². The largest absolute Gasteiger partial charge is 0.460 e. The normalized spacial score (nSPS) is 12.9. The molecule has 5 nitrogen and oxygen atoms in total. The highest BCUT2D eigenvalue weighted by atomic mass is 79.9. The van der Waals surface area contributed by atoms with Gasteiger partial charge >= 0.3 is 0 Å². The molecule has 1 amide bonds.